The summed E-state index contributed by atoms with van der Waals surface area (Å²) in [5.74, 6) is -0.151. The molecule has 0 rings (SSSR count). The number of nitrogens with one attached hydrogen (secondary N) is 2. The van der Waals surface area contributed by atoms with Crippen LogP contribution in [0.1, 0.15) is 20.3 Å². The van der Waals surface area contributed by atoms with Gasteiger partial charge in [0, 0.05) is 18.8 Å². The quantitative estimate of drug-likeness (QED) is 0.554. The molecule has 0 saturated heterocycles. The van der Waals surface area contributed by atoms with E-state index in [2.05, 4.69) is 10.6 Å². The van der Waals surface area contributed by atoms with Gasteiger partial charge in [-0.25, -0.2) is 4.79 Å². The number of imide groups is 1. The van der Waals surface area contributed by atoms with Crippen LogP contribution < -0.4 is 10.6 Å². The predicted molar refractivity (Wildman–Crippen MR) is 56.3 cm³/mol. The van der Waals surface area contributed by atoms with E-state index in [0.29, 0.717) is 6.54 Å². The molecule has 0 aliphatic carbocycles. The highest BCUT2D eigenvalue weighted by Gasteiger charge is 2.04. The molecule has 0 aromatic heterocycles. The average molecular weight is 219 g/mol. The lowest BCUT2D eigenvalue weighted by atomic mass is 10.3. The minimum atomic E-state index is -0.488. The highest BCUT2D eigenvalue weighted by Crippen LogP contribution is 1.86. The molecule has 3 amide bonds. The maximum Gasteiger partial charge on any atom is 0.321 e. The molecule has 0 spiro atoms. The van der Waals surface area contributed by atoms with Crippen molar-refractivity contribution in [3.63, 3.8) is 0 Å². The number of halogens is 1. The molecule has 0 bridgehead atoms. The number of alkyl halides is 1. The Morgan fingerprint density at radius 3 is 2.50 bits per heavy atom. The molecule has 0 atom stereocenters. The number of carbonyl (C=O) groups excluding carboxylic acids is 2. The van der Waals surface area contributed by atoms with E-state index in [-0.39, 0.29) is 18.2 Å². The van der Waals surface area contributed by atoms with Crippen molar-refractivity contribution in [1.82, 2.24) is 10.6 Å². The summed E-state index contributed by atoms with van der Waals surface area (Å²) in [4.78, 5) is 21.9. The first-order valence-electron chi connectivity index (χ1n) is 4.33. The summed E-state index contributed by atoms with van der Waals surface area (Å²) in [7, 11) is 0. The summed E-state index contributed by atoms with van der Waals surface area (Å²) in [6.07, 6.45) is 2.00. The van der Waals surface area contributed by atoms with Gasteiger partial charge in [-0.2, -0.15) is 0 Å². The maximum atomic E-state index is 11.0. The van der Waals surface area contributed by atoms with E-state index in [9.17, 15) is 9.59 Å². The van der Waals surface area contributed by atoms with Gasteiger partial charge in [0.15, 0.2) is 0 Å². The van der Waals surface area contributed by atoms with Crippen molar-refractivity contribution in [2.45, 2.75) is 20.3 Å². The van der Waals surface area contributed by atoms with Crippen LogP contribution in [0.5, 0.6) is 0 Å². The Kier molecular flexibility index (Phi) is 6.84. The third-order valence-electron chi connectivity index (χ3n) is 1.35. The van der Waals surface area contributed by atoms with Gasteiger partial charge in [-0.15, -0.1) is 11.6 Å². The summed E-state index contributed by atoms with van der Waals surface area (Å²) in [6, 6.07) is -0.488. The number of amides is 3. The number of allylic oxidation sites excluding steroid dienone is 1. The van der Waals surface area contributed by atoms with Gasteiger partial charge >= 0.3 is 6.03 Å². The molecule has 14 heavy (non-hydrogen) atoms. The van der Waals surface area contributed by atoms with E-state index in [4.69, 9.17) is 11.6 Å². The predicted octanol–water partition coefficient (Wildman–Crippen LogP) is 1.41. The van der Waals surface area contributed by atoms with Gasteiger partial charge in [0.25, 0.3) is 0 Å². The fraction of sp³-hybridized carbons (Fsp3) is 0.556. The molecule has 0 radical (unpaired) electrons. The first kappa shape index (κ1) is 13.0. The number of hydrogen-bond acceptors (Lipinski definition) is 2. The van der Waals surface area contributed by atoms with Crippen molar-refractivity contribution in [3.8, 4) is 0 Å². The zero-order chi connectivity index (χ0) is 11.0. The monoisotopic (exact) mass is 218 g/mol. The van der Waals surface area contributed by atoms with Crippen LogP contribution in [0.4, 0.5) is 4.79 Å². The van der Waals surface area contributed by atoms with Crippen molar-refractivity contribution in [2.24, 2.45) is 0 Å². The molecule has 0 aliphatic rings. The molecule has 0 fully saturated rings. The molecular formula is C9H15ClN2O2. The van der Waals surface area contributed by atoms with Crippen LogP contribution in [0.2, 0.25) is 0 Å². The van der Waals surface area contributed by atoms with Crippen molar-refractivity contribution in [1.29, 1.82) is 0 Å². The molecular weight excluding hydrogens is 204 g/mol. The number of urea groups is 1. The van der Waals surface area contributed by atoms with Crippen LogP contribution in [0.25, 0.3) is 0 Å². The topological polar surface area (TPSA) is 58.2 Å². The van der Waals surface area contributed by atoms with Crippen LogP contribution in [-0.4, -0.2) is 24.4 Å². The first-order valence-corrected chi connectivity index (χ1v) is 4.86. The third-order valence-corrected chi connectivity index (χ3v) is 1.54. The minimum absolute atomic E-state index is 0.150. The van der Waals surface area contributed by atoms with E-state index in [1.165, 1.54) is 0 Å². The lowest BCUT2D eigenvalue weighted by molar-refractivity contribution is -0.119. The van der Waals surface area contributed by atoms with E-state index in [0.717, 1.165) is 5.57 Å². The highest BCUT2D eigenvalue weighted by molar-refractivity contribution is 6.19. The second-order valence-electron chi connectivity index (χ2n) is 2.98. The molecule has 4 nitrogen and oxygen atoms in total. The average Bonchev–Trinajstić information content (AvgIpc) is 2.03. The van der Waals surface area contributed by atoms with Crippen LogP contribution in [0.15, 0.2) is 11.6 Å². The van der Waals surface area contributed by atoms with Crippen LogP contribution >= 0.6 is 11.6 Å². The molecule has 0 heterocycles. The van der Waals surface area contributed by atoms with Crippen LogP contribution in [0.3, 0.4) is 0 Å². The third kappa shape index (κ3) is 7.61. The first-order chi connectivity index (χ1) is 6.56. The normalized spacial score (nSPS) is 9.07. The summed E-state index contributed by atoms with van der Waals surface area (Å²) in [5, 5.41) is 4.66. The van der Waals surface area contributed by atoms with Crippen molar-refractivity contribution >= 4 is 23.5 Å². The fourth-order valence-corrected chi connectivity index (χ4v) is 0.839. The van der Waals surface area contributed by atoms with E-state index < -0.39 is 6.03 Å². The SMILES string of the molecule is CC(C)=CCNC(=O)NC(=O)CCCl. The van der Waals surface area contributed by atoms with Crippen molar-refractivity contribution < 1.29 is 9.59 Å². The standard InChI is InChI=1S/C9H15ClN2O2/c1-7(2)4-6-11-9(14)12-8(13)3-5-10/h4H,3,5-6H2,1-2H3,(H2,11,12,13,14). The van der Waals surface area contributed by atoms with E-state index >= 15 is 0 Å². The Balaban J connectivity index is 3.66. The fourth-order valence-electron chi connectivity index (χ4n) is 0.667. The Morgan fingerprint density at radius 1 is 1.36 bits per heavy atom. The van der Waals surface area contributed by atoms with Crippen LogP contribution in [-0.2, 0) is 4.79 Å². The van der Waals surface area contributed by atoms with E-state index in [1.54, 1.807) is 0 Å². The van der Waals surface area contributed by atoms with Gasteiger partial charge in [-0.3, -0.25) is 10.1 Å². The van der Waals surface area contributed by atoms with Crippen molar-refractivity contribution in [3.05, 3.63) is 11.6 Å². The molecule has 5 heteroatoms. The van der Waals surface area contributed by atoms with Gasteiger partial charge in [-0.1, -0.05) is 11.6 Å². The zero-order valence-corrected chi connectivity index (χ0v) is 9.15. The molecule has 0 unspecified atom stereocenters. The van der Waals surface area contributed by atoms with Crippen LogP contribution in [0, 0.1) is 0 Å². The molecule has 2 N–H and O–H groups in total. The highest BCUT2D eigenvalue weighted by atomic mass is 35.5. The molecule has 0 saturated carbocycles. The maximum absolute atomic E-state index is 11.0. The molecule has 0 aromatic rings. The summed E-state index contributed by atoms with van der Waals surface area (Å²) in [6.45, 7) is 4.28. The Labute approximate surface area is 88.7 Å². The van der Waals surface area contributed by atoms with Gasteiger partial charge in [0.05, 0.1) is 0 Å². The zero-order valence-electron chi connectivity index (χ0n) is 8.39. The minimum Gasteiger partial charge on any atom is -0.334 e. The van der Waals surface area contributed by atoms with Gasteiger partial charge in [-0.05, 0) is 13.8 Å². The molecule has 0 aliphatic heterocycles. The smallest absolute Gasteiger partial charge is 0.321 e. The molecule has 0 aromatic carbocycles. The second kappa shape index (κ2) is 7.38. The number of rotatable bonds is 4. The Bertz CT molecular complexity index is 235. The van der Waals surface area contributed by atoms with Gasteiger partial charge in [0.1, 0.15) is 0 Å². The van der Waals surface area contributed by atoms with Gasteiger partial charge in [0.2, 0.25) is 5.91 Å². The van der Waals surface area contributed by atoms with Gasteiger partial charge < -0.3 is 5.32 Å². The lowest BCUT2D eigenvalue weighted by Crippen LogP contribution is -2.39. The summed E-state index contributed by atoms with van der Waals surface area (Å²) < 4.78 is 0. The Hall–Kier alpha value is -1.03. The largest absolute Gasteiger partial charge is 0.334 e. The lowest BCUT2D eigenvalue weighted by Gasteiger charge is -2.03. The van der Waals surface area contributed by atoms with E-state index in [1.807, 2.05) is 19.9 Å². The second-order valence-corrected chi connectivity index (χ2v) is 3.36. The number of carbonyl (C=O) groups is 2. The molecule has 80 valence electrons. The summed E-state index contributed by atoms with van der Waals surface area (Å²) in [5.41, 5.74) is 1.11. The Morgan fingerprint density at radius 2 is 2.00 bits per heavy atom. The van der Waals surface area contributed by atoms with Crippen molar-refractivity contribution in [2.75, 3.05) is 12.4 Å². The number of hydrogen-bond donors (Lipinski definition) is 2. The summed E-state index contributed by atoms with van der Waals surface area (Å²) >= 11 is 5.32.